The molecule has 0 unspecified atom stereocenters. The van der Waals surface area contributed by atoms with Crippen molar-refractivity contribution in [3.63, 3.8) is 0 Å². The summed E-state index contributed by atoms with van der Waals surface area (Å²) in [6, 6.07) is 7.06. The number of hydrogen-bond donors (Lipinski definition) is 1. The number of alkyl carbamates (subject to hydrolysis) is 1. The highest BCUT2D eigenvalue weighted by molar-refractivity contribution is 5.94. The van der Waals surface area contributed by atoms with Crippen LogP contribution in [0.3, 0.4) is 0 Å². The summed E-state index contributed by atoms with van der Waals surface area (Å²) in [6.07, 6.45) is -1.47. The van der Waals surface area contributed by atoms with Gasteiger partial charge in [0.2, 0.25) is 0 Å². The van der Waals surface area contributed by atoms with Crippen LogP contribution in [0.15, 0.2) is 24.3 Å². The van der Waals surface area contributed by atoms with Crippen molar-refractivity contribution in [1.82, 2.24) is 5.32 Å². The van der Waals surface area contributed by atoms with Crippen LogP contribution in [-0.2, 0) is 19.1 Å². The number of imide groups is 1. The summed E-state index contributed by atoms with van der Waals surface area (Å²) in [5.74, 6) is 0.0886. The van der Waals surface area contributed by atoms with Crippen LogP contribution in [0.1, 0.15) is 19.8 Å². The molecule has 132 valence electrons. The quantitative estimate of drug-likeness (QED) is 0.568. The molecule has 1 aromatic rings. The van der Waals surface area contributed by atoms with Crippen molar-refractivity contribution >= 4 is 18.0 Å². The van der Waals surface area contributed by atoms with Crippen molar-refractivity contribution in [1.29, 1.82) is 0 Å². The largest absolute Gasteiger partial charge is 0.497 e. The Morgan fingerprint density at radius 1 is 1.08 bits per heavy atom. The fraction of sp³-hybridized carbons (Fsp3) is 0.438. The van der Waals surface area contributed by atoms with Gasteiger partial charge in [0.1, 0.15) is 11.5 Å². The molecule has 1 aromatic carbocycles. The lowest BCUT2D eigenvalue weighted by molar-refractivity contribution is -0.154. The van der Waals surface area contributed by atoms with Crippen molar-refractivity contribution in [2.75, 3.05) is 20.8 Å². The monoisotopic (exact) mass is 339 g/mol. The summed E-state index contributed by atoms with van der Waals surface area (Å²) >= 11 is 0. The van der Waals surface area contributed by atoms with E-state index in [0.717, 1.165) is 12.9 Å². The fourth-order valence-corrected chi connectivity index (χ4v) is 1.64. The molecule has 0 aliphatic carbocycles. The summed E-state index contributed by atoms with van der Waals surface area (Å²) in [5, 5.41) is 1.92. The second kappa shape index (κ2) is 10.1. The molecule has 0 fully saturated rings. The van der Waals surface area contributed by atoms with Crippen LogP contribution in [0.4, 0.5) is 4.79 Å². The first-order chi connectivity index (χ1) is 11.5. The van der Waals surface area contributed by atoms with E-state index in [2.05, 4.69) is 4.74 Å². The lowest BCUT2D eigenvalue weighted by Gasteiger charge is -2.12. The molecule has 24 heavy (non-hydrogen) atoms. The van der Waals surface area contributed by atoms with Crippen molar-refractivity contribution in [3.8, 4) is 11.5 Å². The number of esters is 1. The van der Waals surface area contributed by atoms with Gasteiger partial charge in [-0.25, -0.2) is 4.79 Å². The number of ether oxygens (including phenoxy) is 4. The zero-order valence-electron chi connectivity index (χ0n) is 13.9. The second-order valence-corrected chi connectivity index (χ2v) is 4.74. The van der Waals surface area contributed by atoms with Gasteiger partial charge in [0.25, 0.3) is 5.91 Å². The van der Waals surface area contributed by atoms with Gasteiger partial charge in [-0.3, -0.25) is 14.9 Å². The van der Waals surface area contributed by atoms with E-state index in [-0.39, 0.29) is 6.42 Å². The molecule has 8 nitrogen and oxygen atoms in total. The highest BCUT2D eigenvalue weighted by Crippen LogP contribution is 2.17. The van der Waals surface area contributed by atoms with Crippen molar-refractivity contribution in [2.45, 2.75) is 25.9 Å². The van der Waals surface area contributed by atoms with Gasteiger partial charge < -0.3 is 18.9 Å². The first-order valence-electron chi connectivity index (χ1n) is 7.31. The van der Waals surface area contributed by atoms with Gasteiger partial charge in [-0.2, -0.15) is 0 Å². The van der Waals surface area contributed by atoms with Crippen molar-refractivity contribution in [2.24, 2.45) is 0 Å². The van der Waals surface area contributed by atoms with E-state index in [0.29, 0.717) is 18.8 Å². The van der Waals surface area contributed by atoms with Crippen molar-refractivity contribution in [3.05, 3.63) is 24.3 Å². The highest BCUT2D eigenvalue weighted by Gasteiger charge is 2.19. The maximum absolute atomic E-state index is 11.6. The third-order valence-electron chi connectivity index (χ3n) is 2.94. The van der Waals surface area contributed by atoms with Gasteiger partial charge in [0, 0.05) is 6.42 Å². The van der Waals surface area contributed by atoms with Crippen LogP contribution in [0.2, 0.25) is 0 Å². The molecule has 1 rings (SSSR count). The normalized spacial score (nSPS) is 11.1. The lowest BCUT2D eigenvalue weighted by Crippen LogP contribution is -2.39. The molecule has 0 aliphatic heterocycles. The second-order valence-electron chi connectivity index (χ2n) is 4.74. The summed E-state index contributed by atoms with van der Waals surface area (Å²) in [7, 11) is 2.70. The number of benzene rings is 1. The Kier molecular flexibility index (Phi) is 8.10. The van der Waals surface area contributed by atoms with Crippen LogP contribution < -0.4 is 14.8 Å². The Morgan fingerprint density at radius 3 is 2.29 bits per heavy atom. The molecule has 8 heteroatoms. The van der Waals surface area contributed by atoms with E-state index in [1.165, 1.54) is 6.92 Å². The smallest absolute Gasteiger partial charge is 0.413 e. The molecule has 0 aliphatic rings. The molecular formula is C16H21NO7. The molecule has 0 heterocycles. The van der Waals surface area contributed by atoms with Crippen LogP contribution in [0.25, 0.3) is 0 Å². The Hall–Kier alpha value is -2.77. The summed E-state index contributed by atoms with van der Waals surface area (Å²) < 4.78 is 19.7. The molecule has 0 radical (unpaired) electrons. The highest BCUT2D eigenvalue weighted by atomic mass is 16.6. The first kappa shape index (κ1) is 19.3. The molecule has 0 saturated carbocycles. The Bertz CT molecular complexity index is 556. The Morgan fingerprint density at radius 2 is 1.71 bits per heavy atom. The van der Waals surface area contributed by atoms with Gasteiger partial charge in [-0.1, -0.05) is 0 Å². The maximum Gasteiger partial charge on any atom is 0.413 e. The minimum Gasteiger partial charge on any atom is -0.497 e. The number of carbonyl (C=O) groups is 3. The molecule has 0 aromatic heterocycles. The molecule has 1 N–H and O–H groups in total. The van der Waals surface area contributed by atoms with E-state index in [9.17, 15) is 14.4 Å². The van der Waals surface area contributed by atoms with Gasteiger partial charge in [-0.15, -0.1) is 0 Å². The predicted octanol–water partition coefficient (Wildman–Crippen LogP) is 1.67. The molecule has 0 bridgehead atoms. The van der Waals surface area contributed by atoms with Crippen LogP contribution in [-0.4, -0.2) is 44.9 Å². The Balaban J connectivity index is 2.23. The molecular weight excluding hydrogens is 318 g/mol. The topological polar surface area (TPSA) is 100 Å². The average molecular weight is 339 g/mol. The molecule has 1 atom stereocenters. The number of hydrogen-bond acceptors (Lipinski definition) is 7. The molecule has 2 amide bonds. The van der Waals surface area contributed by atoms with Gasteiger partial charge in [-0.05, 0) is 37.6 Å². The van der Waals surface area contributed by atoms with Gasteiger partial charge in [0.15, 0.2) is 6.10 Å². The number of carbonyl (C=O) groups excluding carboxylic acids is 3. The zero-order chi connectivity index (χ0) is 17.9. The van der Waals surface area contributed by atoms with E-state index >= 15 is 0 Å². The number of rotatable bonds is 8. The number of nitrogens with one attached hydrogen (secondary N) is 1. The summed E-state index contributed by atoms with van der Waals surface area (Å²) in [5.41, 5.74) is 0. The van der Waals surface area contributed by atoms with Gasteiger partial charge >= 0.3 is 12.1 Å². The third-order valence-corrected chi connectivity index (χ3v) is 2.94. The predicted molar refractivity (Wildman–Crippen MR) is 83.8 cm³/mol. The van der Waals surface area contributed by atoms with E-state index < -0.39 is 24.1 Å². The third kappa shape index (κ3) is 6.99. The fourth-order valence-electron chi connectivity index (χ4n) is 1.64. The molecule has 0 spiro atoms. The standard InChI is InChI=1S/C16H21NO7/c1-11(15(19)17-16(20)22-3)24-14(18)5-4-10-23-13-8-6-12(21-2)7-9-13/h6-9,11H,4-5,10H2,1-3H3,(H,17,19,20)/t11-/m1/s1. The SMILES string of the molecule is COC(=O)NC(=O)[C@@H](C)OC(=O)CCCOc1ccc(OC)cc1. The molecule has 0 saturated heterocycles. The van der Waals surface area contributed by atoms with E-state index in [4.69, 9.17) is 14.2 Å². The number of methoxy groups -OCH3 is 2. The zero-order valence-corrected chi connectivity index (χ0v) is 13.9. The average Bonchev–Trinajstić information content (AvgIpc) is 2.58. The summed E-state index contributed by atoms with van der Waals surface area (Å²) in [6.45, 7) is 1.69. The lowest BCUT2D eigenvalue weighted by atomic mass is 10.3. The van der Waals surface area contributed by atoms with Crippen LogP contribution in [0.5, 0.6) is 11.5 Å². The van der Waals surface area contributed by atoms with Crippen LogP contribution >= 0.6 is 0 Å². The first-order valence-corrected chi connectivity index (χ1v) is 7.31. The summed E-state index contributed by atoms with van der Waals surface area (Å²) in [4.78, 5) is 34.0. The van der Waals surface area contributed by atoms with Crippen molar-refractivity contribution < 1.29 is 33.3 Å². The minimum absolute atomic E-state index is 0.0893. The van der Waals surface area contributed by atoms with Crippen LogP contribution in [0, 0.1) is 0 Å². The van der Waals surface area contributed by atoms with E-state index in [1.807, 2.05) is 5.32 Å². The maximum atomic E-state index is 11.6. The number of amides is 2. The van der Waals surface area contributed by atoms with E-state index in [1.54, 1.807) is 31.4 Å². The minimum atomic E-state index is -1.08. The van der Waals surface area contributed by atoms with Gasteiger partial charge in [0.05, 0.1) is 20.8 Å². The Labute approximate surface area is 140 Å².